The van der Waals surface area contributed by atoms with Crippen molar-refractivity contribution in [3.63, 3.8) is 0 Å². The Balaban J connectivity index is 2.22. The molecular formula is C10H19NO2. The van der Waals surface area contributed by atoms with E-state index in [2.05, 4.69) is 17.0 Å². The largest absolute Gasteiger partial charge is 0.469 e. The van der Waals surface area contributed by atoms with Gasteiger partial charge in [0.2, 0.25) is 0 Å². The molecule has 0 amide bonds. The lowest BCUT2D eigenvalue weighted by atomic mass is 9.85. The zero-order valence-corrected chi connectivity index (χ0v) is 8.51. The van der Waals surface area contributed by atoms with Gasteiger partial charge < -0.3 is 10.1 Å². The standard InChI is InChI=1S/C10H19NO2/c1-8-5-6-11-7-9(8)3-4-10(12)13-2/h8-9,11H,3-7H2,1-2H3. The molecule has 0 aromatic carbocycles. The molecule has 1 saturated heterocycles. The van der Waals surface area contributed by atoms with Crippen molar-refractivity contribution in [1.29, 1.82) is 0 Å². The maximum atomic E-state index is 10.9. The molecule has 3 heteroatoms. The molecule has 0 aromatic rings. The maximum Gasteiger partial charge on any atom is 0.305 e. The van der Waals surface area contributed by atoms with Crippen LogP contribution < -0.4 is 5.32 Å². The first-order valence-electron chi connectivity index (χ1n) is 5.01. The van der Waals surface area contributed by atoms with Crippen molar-refractivity contribution in [2.75, 3.05) is 20.2 Å². The number of carbonyl (C=O) groups excluding carboxylic acids is 1. The summed E-state index contributed by atoms with van der Waals surface area (Å²) in [7, 11) is 1.45. The molecule has 0 saturated carbocycles. The molecule has 0 spiro atoms. The number of piperidine rings is 1. The number of methoxy groups -OCH3 is 1. The first-order chi connectivity index (χ1) is 6.24. The average molecular weight is 185 g/mol. The highest BCUT2D eigenvalue weighted by molar-refractivity contribution is 5.69. The van der Waals surface area contributed by atoms with Crippen LogP contribution in [0.15, 0.2) is 0 Å². The summed E-state index contributed by atoms with van der Waals surface area (Å²) < 4.78 is 4.62. The topological polar surface area (TPSA) is 38.3 Å². The zero-order chi connectivity index (χ0) is 9.68. The van der Waals surface area contributed by atoms with Gasteiger partial charge in [-0.05, 0) is 37.8 Å². The van der Waals surface area contributed by atoms with E-state index in [4.69, 9.17) is 0 Å². The van der Waals surface area contributed by atoms with E-state index in [1.54, 1.807) is 0 Å². The fourth-order valence-electron chi connectivity index (χ4n) is 1.85. The van der Waals surface area contributed by atoms with Gasteiger partial charge in [0.25, 0.3) is 0 Å². The molecule has 13 heavy (non-hydrogen) atoms. The highest BCUT2D eigenvalue weighted by Gasteiger charge is 2.21. The van der Waals surface area contributed by atoms with E-state index in [9.17, 15) is 4.79 Å². The number of hydrogen-bond acceptors (Lipinski definition) is 3. The van der Waals surface area contributed by atoms with E-state index in [0.29, 0.717) is 12.3 Å². The summed E-state index contributed by atoms with van der Waals surface area (Å²) in [6, 6.07) is 0. The van der Waals surface area contributed by atoms with Crippen LogP contribution in [-0.2, 0) is 9.53 Å². The van der Waals surface area contributed by atoms with Crippen LogP contribution in [0, 0.1) is 11.8 Å². The Kier molecular flexibility index (Phi) is 4.22. The minimum absolute atomic E-state index is 0.0854. The molecule has 0 aromatic heterocycles. The molecule has 0 radical (unpaired) electrons. The van der Waals surface area contributed by atoms with E-state index in [1.165, 1.54) is 13.5 Å². The van der Waals surface area contributed by atoms with Crippen molar-refractivity contribution < 1.29 is 9.53 Å². The summed E-state index contributed by atoms with van der Waals surface area (Å²) in [5.41, 5.74) is 0. The minimum atomic E-state index is -0.0854. The molecule has 1 rings (SSSR count). The van der Waals surface area contributed by atoms with Crippen molar-refractivity contribution in [3.05, 3.63) is 0 Å². The highest BCUT2D eigenvalue weighted by Crippen LogP contribution is 2.22. The highest BCUT2D eigenvalue weighted by atomic mass is 16.5. The molecule has 0 aliphatic carbocycles. The van der Waals surface area contributed by atoms with Crippen LogP contribution in [0.3, 0.4) is 0 Å². The van der Waals surface area contributed by atoms with Gasteiger partial charge in [0.15, 0.2) is 0 Å². The molecule has 1 heterocycles. The normalized spacial score (nSPS) is 28.5. The van der Waals surface area contributed by atoms with Crippen LogP contribution >= 0.6 is 0 Å². The van der Waals surface area contributed by atoms with Gasteiger partial charge in [-0.3, -0.25) is 4.79 Å². The quantitative estimate of drug-likeness (QED) is 0.671. The Hall–Kier alpha value is -0.570. The number of ether oxygens (including phenoxy) is 1. The second kappa shape index (κ2) is 5.22. The smallest absolute Gasteiger partial charge is 0.305 e. The first kappa shape index (κ1) is 10.5. The lowest BCUT2D eigenvalue weighted by Crippen LogP contribution is -2.35. The van der Waals surface area contributed by atoms with E-state index < -0.39 is 0 Å². The second-order valence-electron chi connectivity index (χ2n) is 3.84. The van der Waals surface area contributed by atoms with Crippen LogP contribution in [0.4, 0.5) is 0 Å². The fourth-order valence-corrected chi connectivity index (χ4v) is 1.85. The number of carbonyl (C=O) groups is 1. The average Bonchev–Trinajstić information content (AvgIpc) is 2.16. The van der Waals surface area contributed by atoms with Gasteiger partial charge in [-0.2, -0.15) is 0 Å². The number of rotatable bonds is 3. The van der Waals surface area contributed by atoms with Gasteiger partial charge in [-0.15, -0.1) is 0 Å². The number of esters is 1. The third kappa shape index (κ3) is 3.35. The zero-order valence-electron chi connectivity index (χ0n) is 8.51. The van der Waals surface area contributed by atoms with E-state index in [-0.39, 0.29) is 5.97 Å². The summed E-state index contributed by atoms with van der Waals surface area (Å²) in [6.07, 6.45) is 2.75. The molecular weight excluding hydrogens is 166 g/mol. The van der Waals surface area contributed by atoms with Gasteiger partial charge in [-0.25, -0.2) is 0 Å². The summed E-state index contributed by atoms with van der Waals surface area (Å²) >= 11 is 0. The Morgan fingerprint density at radius 3 is 3.00 bits per heavy atom. The molecule has 1 N–H and O–H groups in total. The van der Waals surface area contributed by atoms with Gasteiger partial charge in [0.1, 0.15) is 0 Å². The Labute approximate surface area is 79.8 Å². The minimum Gasteiger partial charge on any atom is -0.469 e. The lowest BCUT2D eigenvalue weighted by molar-refractivity contribution is -0.141. The van der Waals surface area contributed by atoms with Crippen molar-refractivity contribution >= 4 is 5.97 Å². The molecule has 2 unspecified atom stereocenters. The van der Waals surface area contributed by atoms with Gasteiger partial charge in [0.05, 0.1) is 7.11 Å². The van der Waals surface area contributed by atoms with Crippen molar-refractivity contribution in [3.8, 4) is 0 Å². The van der Waals surface area contributed by atoms with E-state index >= 15 is 0 Å². The molecule has 1 aliphatic heterocycles. The van der Waals surface area contributed by atoms with Crippen molar-refractivity contribution in [1.82, 2.24) is 5.32 Å². The van der Waals surface area contributed by atoms with Gasteiger partial charge in [0, 0.05) is 6.42 Å². The summed E-state index contributed by atoms with van der Waals surface area (Å²) in [5.74, 6) is 1.30. The second-order valence-corrected chi connectivity index (χ2v) is 3.84. The fraction of sp³-hybridized carbons (Fsp3) is 0.900. The van der Waals surface area contributed by atoms with Crippen LogP contribution in [0.5, 0.6) is 0 Å². The lowest BCUT2D eigenvalue weighted by Gasteiger charge is -2.29. The summed E-state index contributed by atoms with van der Waals surface area (Å²) in [6.45, 7) is 4.44. The van der Waals surface area contributed by atoms with E-state index in [0.717, 1.165) is 25.4 Å². The predicted octanol–water partition coefficient (Wildman–Crippen LogP) is 1.19. The maximum absolute atomic E-state index is 10.9. The number of nitrogens with one attached hydrogen (secondary N) is 1. The monoisotopic (exact) mass is 185 g/mol. The SMILES string of the molecule is COC(=O)CCC1CNCCC1C. The third-order valence-electron chi connectivity index (χ3n) is 2.93. The third-order valence-corrected chi connectivity index (χ3v) is 2.93. The predicted molar refractivity (Wildman–Crippen MR) is 51.4 cm³/mol. The number of hydrogen-bond donors (Lipinski definition) is 1. The Morgan fingerprint density at radius 1 is 1.62 bits per heavy atom. The van der Waals surface area contributed by atoms with Gasteiger partial charge >= 0.3 is 5.97 Å². The molecule has 2 atom stereocenters. The molecule has 76 valence electrons. The van der Waals surface area contributed by atoms with Crippen molar-refractivity contribution in [2.24, 2.45) is 11.8 Å². The molecule has 1 aliphatic rings. The summed E-state index contributed by atoms with van der Waals surface area (Å²) in [5, 5.41) is 3.35. The van der Waals surface area contributed by atoms with Crippen LogP contribution in [0.25, 0.3) is 0 Å². The molecule has 3 nitrogen and oxygen atoms in total. The Morgan fingerprint density at radius 2 is 2.38 bits per heavy atom. The first-order valence-corrected chi connectivity index (χ1v) is 5.01. The van der Waals surface area contributed by atoms with Gasteiger partial charge in [-0.1, -0.05) is 6.92 Å². The van der Waals surface area contributed by atoms with E-state index in [1.807, 2.05) is 0 Å². The molecule has 1 fully saturated rings. The Bertz CT molecular complexity index is 170. The van der Waals surface area contributed by atoms with Crippen LogP contribution in [0.1, 0.15) is 26.2 Å². The van der Waals surface area contributed by atoms with Crippen LogP contribution in [0.2, 0.25) is 0 Å². The summed E-state index contributed by atoms with van der Waals surface area (Å²) in [4.78, 5) is 10.9. The van der Waals surface area contributed by atoms with Crippen LogP contribution in [-0.4, -0.2) is 26.2 Å². The molecule has 0 bridgehead atoms. The van der Waals surface area contributed by atoms with Crippen molar-refractivity contribution in [2.45, 2.75) is 26.2 Å².